The highest BCUT2D eigenvalue weighted by molar-refractivity contribution is 5.81. The summed E-state index contributed by atoms with van der Waals surface area (Å²) in [5.41, 5.74) is 2.16. The van der Waals surface area contributed by atoms with Crippen molar-refractivity contribution in [2.24, 2.45) is 19.1 Å². The van der Waals surface area contributed by atoms with E-state index in [-0.39, 0.29) is 5.69 Å². The Hall–Kier alpha value is -2.13. The van der Waals surface area contributed by atoms with Crippen molar-refractivity contribution in [2.45, 2.75) is 18.4 Å². The molecule has 5 heteroatoms. The second kappa shape index (κ2) is 3.43. The first kappa shape index (κ1) is 11.0. The van der Waals surface area contributed by atoms with Gasteiger partial charge in [0, 0.05) is 19.7 Å². The van der Waals surface area contributed by atoms with Crippen molar-refractivity contribution >= 4 is 17.1 Å². The maximum atomic E-state index is 12.0. The summed E-state index contributed by atoms with van der Waals surface area (Å²) in [6.45, 7) is 0. The molecule has 0 unspecified atom stereocenters. The summed E-state index contributed by atoms with van der Waals surface area (Å²) >= 11 is 0. The molecule has 5 nitrogen and oxygen atoms in total. The molecule has 1 aromatic carbocycles. The molecule has 3 rings (SSSR count). The molecule has 18 heavy (non-hydrogen) atoms. The zero-order valence-corrected chi connectivity index (χ0v) is 10.3. The van der Waals surface area contributed by atoms with Gasteiger partial charge in [-0.25, -0.2) is 9.59 Å². The van der Waals surface area contributed by atoms with Crippen LogP contribution in [0.1, 0.15) is 18.4 Å². The summed E-state index contributed by atoms with van der Waals surface area (Å²) in [6, 6.07) is 5.74. The molecular weight excluding hydrogens is 230 g/mol. The van der Waals surface area contributed by atoms with Crippen LogP contribution in [0.25, 0.3) is 11.0 Å². The topological polar surface area (TPSA) is 56.4 Å². The number of aryl methyl sites for hydroxylation is 2. The average Bonchev–Trinajstić information content (AvgIpc) is 3.12. The van der Waals surface area contributed by atoms with Crippen LogP contribution in [0.4, 0.5) is 0 Å². The van der Waals surface area contributed by atoms with E-state index in [0.717, 1.165) is 29.4 Å². The van der Waals surface area contributed by atoms with Crippen LogP contribution in [0.2, 0.25) is 0 Å². The number of imidazole rings is 1. The fourth-order valence-electron chi connectivity index (χ4n) is 2.60. The van der Waals surface area contributed by atoms with Crippen molar-refractivity contribution in [3.63, 3.8) is 0 Å². The van der Waals surface area contributed by atoms with Crippen molar-refractivity contribution in [3.05, 3.63) is 34.2 Å². The average molecular weight is 243 g/mol. The summed E-state index contributed by atoms with van der Waals surface area (Å²) < 4.78 is 3.23. The predicted molar refractivity (Wildman–Crippen MR) is 67.2 cm³/mol. The summed E-state index contributed by atoms with van der Waals surface area (Å²) in [5.74, 6) is 0. The third-order valence-corrected chi connectivity index (χ3v) is 3.77. The number of isocyanates is 1. The van der Waals surface area contributed by atoms with Gasteiger partial charge in [-0.05, 0) is 18.9 Å². The molecule has 1 aliphatic rings. The van der Waals surface area contributed by atoms with Crippen molar-refractivity contribution in [2.75, 3.05) is 0 Å². The number of aliphatic imine (C=N–C) groups is 1. The van der Waals surface area contributed by atoms with Gasteiger partial charge in [0.05, 0.1) is 11.0 Å². The number of nitrogens with zero attached hydrogens (tertiary/aromatic N) is 3. The molecule has 0 saturated heterocycles. The molecule has 92 valence electrons. The van der Waals surface area contributed by atoms with Crippen LogP contribution in [0, 0.1) is 0 Å². The van der Waals surface area contributed by atoms with Gasteiger partial charge in [0.2, 0.25) is 6.08 Å². The molecular formula is C13H13N3O2. The van der Waals surface area contributed by atoms with Crippen molar-refractivity contribution in [1.29, 1.82) is 0 Å². The van der Waals surface area contributed by atoms with E-state index in [9.17, 15) is 9.59 Å². The Kier molecular flexibility index (Phi) is 2.10. The third kappa shape index (κ3) is 1.25. The van der Waals surface area contributed by atoms with Crippen molar-refractivity contribution in [1.82, 2.24) is 9.13 Å². The van der Waals surface area contributed by atoms with E-state index in [1.54, 1.807) is 29.3 Å². The standard InChI is InChI=1S/C13H13N3O2/c1-15-10-5-3-4-9(11(10)16(2)12(15)18)13(6-7-13)14-8-17/h3-5H,6-7H2,1-2H3. The molecule has 2 aromatic rings. The van der Waals surface area contributed by atoms with Crippen molar-refractivity contribution in [3.8, 4) is 0 Å². The zero-order chi connectivity index (χ0) is 12.9. The lowest BCUT2D eigenvalue weighted by Gasteiger charge is -2.10. The van der Waals surface area contributed by atoms with E-state index in [0.29, 0.717) is 0 Å². The maximum absolute atomic E-state index is 12.0. The van der Waals surface area contributed by atoms with E-state index < -0.39 is 5.54 Å². The molecule has 0 radical (unpaired) electrons. The molecule has 1 aliphatic carbocycles. The predicted octanol–water partition coefficient (Wildman–Crippen LogP) is 1.20. The number of hydrogen-bond acceptors (Lipinski definition) is 3. The monoisotopic (exact) mass is 243 g/mol. The first-order chi connectivity index (χ1) is 8.60. The van der Waals surface area contributed by atoms with Crippen LogP contribution in [-0.2, 0) is 24.4 Å². The lowest BCUT2D eigenvalue weighted by molar-refractivity contribution is 0.556. The third-order valence-electron chi connectivity index (χ3n) is 3.77. The number of para-hydroxylation sites is 1. The number of benzene rings is 1. The second-order valence-electron chi connectivity index (χ2n) is 4.81. The number of aromatic nitrogens is 2. The Balaban J connectivity index is 2.42. The minimum Gasteiger partial charge on any atom is -0.295 e. The Bertz CT molecular complexity index is 743. The van der Waals surface area contributed by atoms with Crippen LogP contribution in [-0.4, -0.2) is 15.2 Å². The summed E-state index contributed by atoms with van der Waals surface area (Å²) in [6.07, 6.45) is 3.33. The van der Waals surface area contributed by atoms with Crippen molar-refractivity contribution < 1.29 is 4.79 Å². The SMILES string of the molecule is Cn1c(=O)n(C)c2c(C3(N=C=O)CC3)cccc21. The highest BCUT2D eigenvalue weighted by Crippen LogP contribution is 2.50. The minimum atomic E-state index is -0.452. The normalized spacial score (nSPS) is 16.6. The Morgan fingerprint density at radius 2 is 2.00 bits per heavy atom. The summed E-state index contributed by atoms with van der Waals surface area (Å²) in [7, 11) is 3.49. The molecule has 1 heterocycles. The van der Waals surface area contributed by atoms with E-state index in [2.05, 4.69) is 4.99 Å². The van der Waals surface area contributed by atoms with Crippen LogP contribution in [0.15, 0.2) is 28.0 Å². The highest BCUT2D eigenvalue weighted by atomic mass is 16.1. The first-order valence-corrected chi connectivity index (χ1v) is 5.85. The quantitative estimate of drug-likeness (QED) is 0.588. The molecule has 1 saturated carbocycles. The van der Waals surface area contributed by atoms with Crippen LogP contribution < -0.4 is 5.69 Å². The Morgan fingerprint density at radius 1 is 1.28 bits per heavy atom. The summed E-state index contributed by atoms with van der Waals surface area (Å²) in [5, 5.41) is 0. The van der Waals surface area contributed by atoms with Crippen LogP contribution in [0.5, 0.6) is 0 Å². The van der Waals surface area contributed by atoms with Gasteiger partial charge in [0.1, 0.15) is 5.54 Å². The zero-order valence-electron chi connectivity index (χ0n) is 10.3. The highest BCUT2D eigenvalue weighted by Gasteiger charge is 2.46. The van der Waals surface area contributed by atoms with Crippen LogP contribution in [0.3, 0.4) is 0 Å². The Labute approximate surface area is 103 Å². The molecule has 0 aliphatic heterocycles. The lowest BCUT2D eigenvalue weighted by atomic mass is 10.0. The molecule has 1 aromatic heterocycles. The minimum absolute atomic E-state index is 0.0664. The largest absolute Gasteiger partial charge is 0.328 e. The van der Waals surface area contributed by atoms with E-state index >= 15 is 0 Å². The molecule has 0 atom stereocenters. The number of fused-ring (bicyclic) bond motifs is 1. The van der Waals surface area contributed by atoms with E-state index in [1.807, 2.05) is 18.2 Å². The summed E-state index contributed by atoms with van der Waals surface area (Å²) in [4.78, 5) is 26.5. The molecule has 0 N–H and O–H groups in total. The smallest absolute Gasteiger partial charge is 0.295 e. The molecule has 1 fully saturated rings. The van der Waals surface area contributed by atoms with Gasteiger partial charge in [-0.3, -0.25) is 9.13 Å². The van der Waals surface area contributed by atoms with Gasteiger partial charge in [-0.1, -0.05) is 12.1 Å². The Morgan fingerprint density at radius 3 is 2.61 bits per heavy atom. The molecule has 0 amide bonds. The number of hydrogen-bond donors (Lipinski definition) is 0. The van der Waals surface area contributed by atoms with Gasteiger partial charge >= 0.3 is 5.69 Å². The first-order valence-electron chi connectivity index (χ1n) is 5.85. The van der Waals surface area contributed by atoms with E-state index in [1.165, 1.54) is 0 Å². The van der Waals surface area contributed by atoms with Gasteiger partial charge in [0.25, 0.3) is 0 Å². The van der Waals surface area contributed by atoms with Gasteiger partial charge < -0.3 is 0 Å². The van der Waals surface area contributed by atoms with Gasteiger partial charge in [-0.15, -0.1) is 0 Å². The fourth-order valence-corrected chi connectivity index (χ4v) is 2.60. The van der Waals surface area contributed by atoms with Gasteiger partial charge in [0.15, 0.2) is 0 Å². The lowest BCUT2D eigenvalue weighted by Crippen LogP contribution is -2.19. The maximum Gasteiger partial charge on any atom is 0.328 e. The fraction of sp³-hybridized carbons (Fsp3) is 0.385. The van der Waals surface area contributed by atoms with Crippen LogP contribution >= 0.6 is 0 Å². The molecule has 0 bridgehead atoms. The number of carbonyl (C=O) groups excluding carboxylic acids is 1. The molecule has 0 spiro atoms. The van der Waals surface area contributed by atoms with E-state index in [4.69, 9.17) is 0 Å². The number of rotatable bonds is 2. The second-order valence-corrected chi connectivity index (χ2v) is 4.81. The van der Waals surface area contributed by atoms with Gasteiger partial charge in [-0.2, -0.15) is 4.99 Å².